The Hall–Kier alpha value is -0.500. The summed E-state index contributed by atoms with van der Waals surface area (Å²) in [4.78, 5) is 11.0. The van der Waals surface area contributed by atoms with Gasteiger partial charge in [0.2, 0.25) is 0 Å². The smallest absolute Gasteiger partial charge is 0.349 e. The Kier molecular flexibility index (Phi) is 18.4. The van der Waals surface area contributed by atoms with E-state index in [0.717, 1.165) is 12.8 Å². The second kappa shape index (κ2) is 18.8. The van der Waals surface area contributed by atoms with Crippen LogP contribution in [0.2, 0.25) is 0 Å². The fourth-order valence-electron chi connectivity index (χ4n) is 2.89. The van der Waals surface area contributed by atoms with E-state index in [0.29, 0.717) is 6.61 Å². The van der Waals surface area contributed by atoms with Crippen LogP contribution in [0.5, 0.6) is 0 Å². The van der Waals surface area contributed by atoms with Gasteiger partial charge in [0.15, 0.2) is 0 Å². The molecule has 0 heterocycles. The van der Waals surface area contributed by atoms with Gasteiger partial charge in [0.1, 0.15) is 5.03 Å². The van der Waals surface area contributed by atoms with E-state index in [-0.39, 0.29) is 5.03 Å². The molecule has 0 atom stereocenters. The van der Waals surface area contributed by atoms with Crippen LogP contribution in [0, 0.1) is 0 Å². The number of carbonyl (C=O) groups excluding carboxylic acids is 1. The number of hydrogen-bond acceptors (Lipinski definition) is 2. The average molecular weight is 359 g/mol. The fourth-order valence-corrected chi connectivity index (χ4v) is 2.95. The molecule has 0 aliphatic heterocycles. The molecule has 0 saturated carbocycles. The number of hydrogen-bond donors (Lipinski definition) is 0. The van der Waals surface area contributed by atoms with Crippen molar-refractivity contribution < 1.29 is 9.53 Å². The first-order valence-electron chi connectivity index (χ1n) is 10.2. The number of unbranched alkanes of at least 4 members (excludes halogenated alkanes) is 15. The van der Waals surface area contributed by atoms with Crippen molar-refractivity contribution in [1.82, 2.24) is 0 Å². The predicted molar refractivity (Wildman–Crippen MR) is 105 cm³/mol. The van der Waals surface area contributed by atoms with Gasteiger partial charge in [0.25, 0.3) is 0 Å². The molecule has 0 N–H and O–H groups in total. The summed E-state index contributed by atoms with van der Waals surface area (Å²) in [6.07, 6.45) is 21.5. The number of halogens is 1. The lowest BCUT2D eigenvalue weighted by molar-refractivity contribution is -0.138. The summed E-state index contributed by atoms with van der Waals surface area (Å²) in [5.41, 5.74) is 0. The highest BCUT2D eigenvalue weighted by atomic mass is 35.5. The normalized spacial score (nSPS) is 10.8. The molecule has 0 aliphatic carbocycles. The summed E-state index contributed by atoms with van der Waals surface area (Å²) < 4.78 is 4.95. The first-order valence-corrected chi connectivity index (χ1v) is 10.6. The molecule has 0 aromatic heterocycles. The zero-order valence-corrected chi connectivity index (χ0v) is 16.7. The van der Waals surface area contributed by atoms with Gasteiger partial charge in [-0.15, -0.1) is 0 Å². The molecule has 0 amide bonds. The lowest BCUT2D eigenvalue weighted by Crippen LogP contribution is -2.04. The van der Waals surface area contributed by atoms with E-state index in [1.54, 1.807) is 0 Å². The van der Waals surface area contributed by atoms with Gasteiger partial charge >= 0.3 is 5.97 Å². The van der Waals surface area contributed by atoms with Gasteiger partial charge < -0.3 is 4.74 Å². The lowest BCUT2D eigenvalue weighted by Gasteiger charge is -2.04. The lowest BCUT2D eigenvalue weighted by atomic mass is 10.0. The van der Waals surface area contributed by atoms with Gasteiger partial charge in [-0.2, -0.15) is 0 Å². The summed E-state index contributed by atoms with van der Waals surface area (Å²) in [5, 5.41) is -0.0357. The van der Waals surface area contributed by atoms with Gasteiger partial charge in [0, 0.05) is 0 Å². The fraction of sp³-hybridized carbons (Fsp3) is 0.857. The van der Waals surface area contributed by atoms with E-state index in [4.69, 9.17) is 16.3 Å². The van der Waals surface area contributed by atoms with Crippen LogP contribution >= 0.6 is 11.6 Å². The predicted octanol–water partition coefficient (Wildman–Crippen LogP) is 7.54. The molecule has 0 saturated heterocycles. The van der Waals surface area contributed by atoms with E-state index >= 15 is 0 Å². The molecule has 0 aromatic carbocycles. The van der Waals surface area contributed by atoms with Crippen LogP contribution in [0.3, 0.4) is 0 Å². The minimum absolute atomic E-state index is 0.0357. The molecular weight excluding hydrogens is 320 g/mol. The highest BCUT2D eigenvalue weighted by molar-refractivity contribution is 6.40. The van der Waals surface area contributed by atoms with Crippen molar-refractivity contribution in [3.05, 3.63) is 11.6 Å². The summed E-state index contributed by atoms with van der Waals surface area (Å²) in [7, 11) is 0. The standard InChI is InChI=1S/C21H39ClO2/c1-3-4-5-6-7-8-9-10-11-12-13-14-15-16-17-18-19-24-21(23)20(2)22/h2-19H2,1H3. The molecule has 0 aliphatic rings. The molecule has 2 nitrogen and oxygen atoms in total. The van der Waals surface area contributed by atoms with Gasteiger partial charge in [-0.05, 0) is 6.42 Å². The molecule has 3 heteroatoms. The van der Waals surface area contributed by atoms with Gasteiger partial charge in [0.05, 0.1) is 6.61 Å². The minimum atomic E-state index is -0.488. The van der Waals surface area contributed by atoms with Crippen molar-refractivity contribution in [2.24, 2.45) is 0 Å². The number of rotatable bonds is 18. The second-order valence-electron chi connectivity index (χ2n) is 6.84. The molecule has 0 rings (SSSR count). The quantitative estimate of drug-likeness (QED) is 0.144. The zero-order valence-electron chi connectivity index (χ0n) is 15.9. The van der Waals surface area contributed by atoms with Crippen LogP contribution in [0.4, 0.5) is 0 Å². The molecule has 142 valence electrons. The molecule has 0 spiro atoms. The van der Waals surface area contributed by atoms with Crippen LogP contribution in [0.25, 0.3) is 0 Å². The molecule has 0 unspecified atom stereocenters. The van der Waals surface area contributed by atoms with Gasteiger partial charge in [-0.3, -0.25) is 0 Å². The van der Waals surface area contributed by atoms with Crippen LogP contribution in [0.1, 0.15) is 110 Å². The highest BCUT2D eigenvalue weighted by Crippen LogP contribution is 2.13. The Labute approximate surface area is 155 Å². The maximum absolute atomic E-state index is 11.0. The molecule has 0 bridgehead atoms. The third-order valence-electron chi connectivity index (χ3n) is 4.45. The maximum atomic E-state index is 11.0. The van der Waals surface area contributed by atoms with E-state index in [1.807, 2.05) is 0 Å². The van der Waals surface area contributed by atoms with Crippen molar-refractivity contribution >= 4 is 17.6 Å². The van der Waals surface area contributed by atoms with E-state index in [1.165, 1.54) is 89.9 Å². The summed E-state index contributed by atoms with van der Waals surface area (Å²) in [5.74, 6) is -0.488. The second-order valence-corrected chi connectivity index (χ2v) is 7.30. The Bertz CT molecular complexity index is 302. The summed E-state index contributed by atoms with van der Waals surface area (Å²) in [6, 6.07) is 0. The van der Waals surface area contributed by atoms with Crippen LogP contribution in [-0.2, 0) is 9.53 Å². The Morgan fingerprint density at radius 1 is 0.708 bits per heavy atom. The summed E-state index contributed by atoms with van der Waals surface area (Å²) >= 11 is 5.44. The Balaban J connectivity index is 3.05. The topological polar surface area (TPSA) is 26.3 Å². The van der Waals surface area contributed by atoms with Crippen molar-refractivity contribution in [2.45, 2.75) is 110 Å². The van der Waals surface area contributed by atoms with Crippen LogP contribution < -0.4 is 0 Å². The molecule has 0 fully saturated rings. The Morgan fingerprint density at radius 2 is 1.04 bits per heavy atom. The highest BCUT2D eigenvalue weighted by Gasteiger charge is 2.03. The molecule has 0 aromatic rings. The van der Waals surface area contributed by atoms with Crippen molar-refractivity contribution in [2.75, 3.05) is 6.61 Å². The largest absolute Gasteiger partial charge is 0.461 e. The third kappa shape index (κ3) is 17.8. The van der Waals surface area contributed by atoms with Gasteiger partial charge in [-0.1, -0.05) is 121 Å². The Morgan fingerprint density at radius 3 is 1.38 bits per heavy atom. The van der Waals surface area contributed by atoms with E-state index in [2.05, 4.69) is 13.5 Å². The van der Waals surface area contributed by atoms with Crippen molar-refractivity contribution in [3.8, 4) is 0 Å². The van der Waals surface area contributed by atoms with Crippen LogP contribution in [-0.4, -0.2) is 12.6 Å². The SMILES string of the molecule is C=C(Cl)C(=O)OCCCCCCCCCCCCCCCCCC. The van der Waals surface area contributed by atoms with Gasteiger partial charge in [-0.25, -0.2) is 4.79 Å². The molecular formula is C21H39ClO2. The number of carbonyl (C=O) groups is 1. The van der Waals surface area contributed by atoms with Crippen molar-refractivity contribution in [1.29, 1.82) is 0 Å². The average Bonchev–Trinajstić information content (AvgIpc) is 2.57. The monoisotopic (exact) mass is 358 g/mol. The number of ether oxygens (including phenoxy) is 1. The summed E-state index contributed by atoms with van der Waals surface area (Å²) in [6.45, 7) is 6.08. The van der Waals surface area contributed by atoms with E-state index in [9.17, 15) is 4.79 Å². The van der Waals surface area contributed by atoms with Crippen LogP contribution in [0.15, 0.2) is 11.6 Å². The minimum Gasteiger partial charge on any atom is -0.461 e. The van der Waals surface area contributed by atoms with E-state index < -0.39 is 5.97 Å². The molecule has 0 radical (unpaired) electrons. The van der Waals surface area contributed by atoms with Crippen molar-refractivity contribution in [3.63, 3.8) is 0 Å². The maximum Gasteiger partial charge on any atom is 0.349 e. The zero-order chi connectivity index (χ0) is 17.9. The number of esters is 1. The third-order valence-corrected chi connectivity index (χ3v) is 4.61. The molecule has 24 heavy (non-hydrogen) atoms. The first-order chi connectivity index (χ1) is 11.7. The first kappa shape index (κ1) is 23.5.